The van der Waals surface area contributed by atoms with Gasteiger partial charge in [-0.25, -0.2) is 0 Å². The van der Waals surface area contributed by atoms with Crippen molar-refractivity contribution >= 4 is 32.0 Å². The normalized spacial score (nSPS) is 14.3. The highest BCUT2D eigenvalue weighted by Gasteiger charge is 2.43. The Kier molecular flexibility index (Phi) is 12.4. The molecule has 0 saturated heterocycles. The van der Waals surface area contributed by atoms with E-state index in [1.165, 1.54) is 0 Å². The Labute approximate surface area is 147 Å². The molecule has 0 spiro atoms. The third-order valence-corrected chi connectivity index (χ3v) is 6.75. The molecule has 0 heterocycles. The third-order valence-electron chi connectivity index (χ3n) is 2.48. The smallest absolute Gasteiger partial charge is 0.380 e. The highest BCUT2D eigenvalue weighted by atomic mass is 35.5. The SMILES string of the molecule is CC(C)O[Si](CCCOCC(Cl)CCl)(OC(C)C)OC(C)C. The van der Waals surface area contributed by atoms with E-state index in [-0.39, 0.29) is 23.7 Å². The van der Waals surface area contributed by atoms with Crippen LogP contribution in [0, 0.1) is 0 Å². The molecule has 0 N–H and O–H groups in total. The molecule has 4 nitrogen and oxygen atoms in total. The molecule has 0 amide bonds. The maximum Gasteiger partial charge on any atom is 0.501 e. The Morgan fingerprint density at radius 1 is 0.864 bits per heavy atom. The van der Waals surface area contributed by atoms with Crippen LogP contribution in [0.2, 0.25) is 6.04 Å². The lowest BCUT2D eigenvalue weighted by Gasteiger charge is -2.34. The van der Waals surface area contributed by atoms with E-state index in [9.17, 15) is 0 Å². The van der Waals surface area contributed by atoms with Crippen molar-refractivity contribution in [1.82, 2.24) is 0 Å². The molecule has 1 atom stereocenters. The molecule has 1 unspecified atom stereocenters. The predicted octanol–water partition coefficient (Wildman–Crippen LogP) is 4.45. The van der Waals surface area contributed by atoms with Crippen LogP contribution in [-0.4, -0.2) is 51.6 Å². The predicted molar refractivity (Wildman–Crippen MR) is 95.0 cm³/mol. The van der Waals surface area contributed by atoms with Crippen molar-refractivity contribution in [3.63, 3.8) is 0 Å². The van der Waals surface area contributed by atoms with E-state index >= 15 is 0 Å². The maximum atomic E-state index is 6.10. The summed E-state index contributed by atoms with van der Waals surface area (Å²) in [5, 5.41) is -0.144. The van der Waals surface area contributed by atoms with E-state index in [2.05, 4.69) is 0 Å². The van der Waals surface area contributed by atoms with Gasteiger partial charge in [-0.05, 0) is 48.0 Å². The number of halogens is 2. The molecule has 0 aliphatic heterocycles. The Hall–Kier alpha value is 0.637. The number of ether oxygens (including phenoxy) is 1. The summed E-state index contributed by atoms with van der Waals surface area (Å²) in [4.78, 5) is 0. The van der Waals surface area contributed by atoms with Crippen LogP contribution in [0.1, 0.15) is 48.0 Å². The fourth-order valence-corrected chi connectivity index (χ4v) is 5.41. The van der Waals surface area contributed by atoms with Crippen molar-refractivity contribution in [2.75, 3.05) is 19.1 Å². The van der Waals surface area contributed by atoms with Gasteiger partial charge in [0.1, 0.15) is 0 Å². The average Bonchev–Trinajstić information content (AvgIpc) is 2.35. The monoisotopic (exact) mass is 374 g/mol. The van der Waals surface area contributed by atoms with Gasteiger partial charge in [0.2, 0.25) is 0 Å². The molecule has 0 aliphatic rings. The van der Waals surface area contributed by atoms with Gasteiger partial charge in [-0.3, -0.25) is 0 Å². The number of alkyl halides is 2. The summed E-state index contributed by atoms with van der Waals surface area (Å²) >= 11 is 11.6. The lowest BCUT2D eigenvalue weighted by Crippen LogP contribution is -2.50. The van der Waals surface area contributed by atoms with Crippen LogP contribution < -0.4 is 0 Å². The van der Waals surface area contributed by atoms with Gasteiger partial charge >= 0.3 is 8.80 Å². The first-order valence-electron chi connectivity index (χ1n) is 8.02. The molecule has 134 valence electrons. The summed E-state index contributed by atoms with van der Waals surface area (Å²) in [6.07, 6.45) is 1.00. The summed E-state index contributed by atoms with van der Waals surface area (Å²) in [6.45, 7) is 13.1. The minimum absolute atomic E-state index is 0.0635. The zero-order valence-electron chi connectivity index (χ0n) is 14.7. The highest BCUT2D eigenvalue weighted by Crippen LogP contribution is 2.23. The van der Waals surface area contributed by atoms with E-state index in [0.29, 0.717) is 19.1 Å². The second-order valence-electron chi connectivity index (χ2n) is 6.11. The number of hydrogen-bond acceptors (Lipinski definition) is 4. The molecule has 0 aromatic heterocycles. The Morgan fingerprint density at radius 2 is 1.32 bits per heavy atom. The van der Waals surface area contributed by atoms with Gasteiger partial charge < -0.3 is 18.0 Å². The van der Waals surface area contributed by atoms with Gasteiger partial charge in [0.05, 0.1) is 12.0 Å². The molecule has 7 heteroatoms. The minimum atomic E-state index is -2.71. The summed E-state index contributed by atoms with van der Waals surface area (Å²) < 4.78 is 23.8. The lowest BCUT2D eigenvalue weighted by molar-refractivity contribution is 0.00119. The van der Waals surface area contributed by atoms with Gasteiger partial charge in [0.15, 0.2) is 0 Å². The average molecular weight is 375 g/mol. The first-order chi connectivity index (χ1) is 10.2. The zero-order chi connectivity index (χ0) is 17.2. The number of hydrogen-bond donors (Lipinski definition) is 0. The minimum Gasteiger partial charge on any atom is -0.380 e. The standard InChI is InChI=1S/C15H32Cl2O4Si/c1-12(2)19-22(20-13(3)4,21-14(5)6)9-7-8-18-11-15(17)10-16/h12-15H,7-11H2,1-6H3. The van der Waals surface area contributed by atoms with Crippen LogP contribution in [0.15, 0.2) is 0 Å². The van der Waals surface area contributed by atoms with Crippen LogP contribution in [0.25, 0.3) is 0 Å². The van der Waals surface area contributed by atoms with Crippen molar-refractivity contribution in [3.05, 3.63) is 0 Å². The molecular weight excluding hydrogens is 343 g/mol. The molecule has 22 heavy (non-hydrogen) atoms. The van der Waals surface area contributed by atoms with Crippen LogP contribution >= 0.6 is 23.2 Å². The van der Waals surface area contributed by atoms with Crippen LogP contribution in [-0.2, 0) is 18.0 Å². The third kappa shape index (κ3) is 11.2. The van der Waals surface area contributed by atoms with Gasteiger partial charge in [-0.1, -0.05) is 0 Å². The van der Waals surface area contributed by atoms with Gasteiger partial charge in [-0.15, -0.1) is 23.2 Å². The summed E-state index contributed by atoms with van der Waals surface area (Å²) in [5.74, 6) is 0.392. The van der Waals surface area contributed by atoms with Gasteiger partial charge in [0.25, 0.3) is 0 Å². The van der Waals surface area contributed by atoms with Crippen molar-refractivity contribution in [3.8, 4) is 0 Å². The lowest BCUT2D eigenvalue weighted by atomic mass is 10.5. The molecule has 0 saturated carbocycles. The van der Waals surface area contributed by atoms with E-state index < -0.39 is 8.80 Å². The van der Waals surface area contributed by atoms with Crippen LogP contribution in [0.3, 0.4) is 0 Å². The molecule has 0 aliphatic carbocycles. The molecule has 0 aromatic carbocycles. The van der Waals surface area contributed by atoms with Crippen molar-refractivity contribution in [1.29, 1.82) is 0 Å². The number of rotatable bonds is 13. The molecule has 0 fully saturated rings. The van der Waals surface area contributed by atoms with Crippen molar-refractivity contribution in [2.24, 2.45) is 0 Å². The second kappa shape index (κ2) is 12.1. The highest BCUT2D eigenvalue weighted by molar-refractivity contribution is 6.60. The van der Waals surface area contributed by atoms with E-state index in [0.717, 1.165) is 12.5 Å². The molecule has 0 bridgehead atoms. The maximum absolute atomic E-state index is 6.10. The van der Waals surface area contributed by atoms with E-state index in [1.807, 2.05) is 41.5 Å². The Morgan fingerprint density at radius 3 is 1.68 bits per heavy atom. The second-order valence-corrected chi connectivity index (χ2v) is 9.61. The van der Waals surface area contributed by atoms with E-state index in [1.54, 1.807) is 0 Å². The zero-order valence-corrected chi connectivity index (χ0v) is 17.2. The summed E-state index contributed by atoms with van der Waals surface area (Å²) in [6, 6.07) is 0.732. The summed E-state index contributed by atoms with van der Waals surface area (Å²) in [5.41, 5.74) is 0. The van der Waals surface area contributed by atoms with Gasteiger partial charge in [-0.2, -0.15) is 0 Å². The summed E-state index contributed by atoms with van der Waals surface area (Å²) in [7, 11) is -2.71. The molecular formula is C15H32Cl2O4Si. The Balaban J connectivity index is 4.54. The van der Waals surface area contributed by atoms with Gasteiger partial charge in [0, 0.05) is 36.8 Å². The first-order valence-corrected chi connectivity index (χ1v) is 10.9. The van der Waals surface area contributed by atoms with Crippen molar-refractivity contribution < 1.29 is 18.0 Å². The van der Waals surface area contributed by atoms with Crippen molar-refractivity contribution in [2.45, 2.75) is 77.7 Å². The molecule has 0 radical (unpaired) electrons. The molecule has 0 aromatic rings. The topological polar surface area (TPSA) is 36.9 Å². The fourth-order valence-electron chi connectivity index (χ4n) is 1.98. The van der Waals surface area contributed by atoms with Crippen LogP contribution in [0.5, 0.6) is 0 Å². The fraction of sp³-hybridized carbons (Fsp3) is 1.00. The Bertz CT molecular complexity index is 252. The largest absolute Gasteiger partial charge is 0.501 e. The quantitative estimate of drug-likeness (QED) is 0.271. The first kappa shape index (κ1) is 22.6. The van der Waals surface area contributed by atoms with Crippen LogP contribution in [0.4, 0.5) is 0 Å². The van der Waals surface area contributed by atoms with E-state index in [4.69, 9.17) is 41.2 Å². The molecule has 0 rings (SSSR count).